The van der Waals surface area contributed by atoms with Crippen LogP contribution in [0.15, 0.2) is 41.3 Å². The van der Waals surface area contributed by atoms with Gasteiger partial charge in [-0.1, -0.05) is 17.7 Å². The molecule has 1 amide bonds. The largest absolute Gasteiger partial charge is 0.338 e. The maximum atomic E-state index is 13.7. The van der Waals surface area contributed by atoms with Gasteiger partial charge in [-0.3, -0.25) is 4.79 Å². The van der Waals surface area contributed by atoms with Gasteiger partial charge in [0.05, 0.1) is 4.90 Å². The topological polar surface area (TPSA) is 92.5 Å². The monoisotopic (exact) mass is 497 g/mol. The third-order valence-electron chi connectivity index (χ3n) is 6.55. The number of aryl methyl sites for hydroxylation is 1. The number of sulfonamides is 1. The first kappa shape index (κ1) is 24.1. The molecule has 178 valence electrons. The van der Waals surface area contributed by atoms with E-state index in [1.165, 1.54) is 24.3 Å². The molecule has 1 aliphatic carbocycles. The third-order valence-corrected chi connectivity index (χ3v) is 8.20. The van der Waals surface area contributed by atoms with Gasteiger partial charge < -0.3 is 10.6 Å². The standard InChI is InChI=1S/C23H26ClF2N3O3S/c24-15-3-1-5-17(10-15)33(31,32)28-13-16-4-2-8-29(16)23(30)12-22(27)18-7-6-14-9-20(25)21(26)11-19(14)18/h1,3,5,9-11,16,18,22,28H,2,4,6-8,12-13,27H2/t16-,18-,22-/m0/s1. The summed E-state index contributed by atoms with van der Waals surface area (Å²) >= 11 is 5.90. The SMILES string of the molecule is N[C@@H](CC(=O)N1CCC[C@H]1CNS(=O)(=O)c1cccc(Cl)c1)[C@H]1CCc2cc(F)c(F)cc21. The number of halogens is 3. The second kappa shape index (κ2) is 9.66. The molecule has 1 saturated heterocycles. The summed E-state index contributed by atoms with van der Waals surface area (Å²) < 4.78 is 55.0. The van der Waals surface area contributed by atoms with Gasteiger partial charge in [0.25, 0.3) is 0 Å². The molecular weight excluding hydrogens is 472 g/mol. The van der Waals surface area contributed by atoms with E-state index in [1.54, 1.807) is 17.0 Å². The number of carbonyl (C=O) groups is 1. The van der Waals surface area contributed by atoms with Gasteiger partial charge >= 0.3 is 0 Å². The summed E-state index contributed by atoms with van der Waals surface area (Å²) in [5.74, 6) is -2.17. The van der Waals surface area contributed by atoms with Crippen LogP contribution in [0.2, 0.25) is 5.02 Å². The summed E-state index contributed by atoms with van der Waals surface area (Å²) in [6, 6.07) is 7.57. The first-order valence-electron chi connectivity index (χ1n) is 10.9. The number of hydrogen-bond donors (Lipinski definition) is 2. The van der Waals surface area contributed by atoms with E-state index >= 15 is 0 Å². The van der Waals surface area contributed by atoms with Crippen LogP contribution in [-0.2, 0) is 21.2 Å². The number of carbonyl (C=O) groups excluding carboxylic acids is 1. The van der Waals surface area contributed by atoms with Crippen LogP contribution in [0, 0.1) is 11.6 Å². The van der Waals surface area contributed by atoms with Crippen molar-refractivity contribution in [1.29, 1.82) is 0 Å². The molecule has 0 spiro atoms. The Bertz CT molecular complexity index is 1160. The van der Waals surface area contributed by atoms with Crippen LogP contribution in [0.4, 0.5) is 8.78 Å². The summed E-state index contributed by atoms with van der Waals surface area (Å²) in [6.45, 7) is 0.614. The minimum absolute atomic E-state index is 0.0562. The predicted octanol–water partition coefficient (Wildman–Crippen LogP) is 3.33. The molecule has 2 aromatic carbocycles. The molecule has 0 saturated carbocycles. The van der Waals surface area contributed by atoms with Crippen LogP contribution in [0.25, 0.3) is 0 Å². The molecule has 0 radical (unpaired) electrons. The second-order valence-corrected chi connectivity index (χ2v) is 10.9. The van der Waals surface area contributed by atoms with Crippen molar-refractivity contribution in [2.24, 2.45) is 5.73 Å². The lowest BCUT2D eigenvalue weighted by Gasteiger charge is -2.28. The van der Waals surface area contributed by atoms with Crippen LogP contribution in [0.3, 0.4) is 0 Å². The smallest absolute Gasteiger partial charge is 0.240 e. The average Bonchev–Trinajstić information content (AvgIpc) is 3.39. The number of benzene rings is 2. The quantitative estimate of drug-likeness (QED) is 0.613. The average molecular weight is 498 g/mol. The number of amides is 1. The van der Waals surface area contributed by atoms with Gasteiger partial charge in [-0.2, -0.15) is 0 Å². The summed E-state index contributed by atoms with van der Waals surface area (Å²) in [7, 11) is -3.76. The Morgan fingerprint density at radius 1 is 1.21 bits per heavy atom. The molecule has 1 heterocycles. The van der Waals surface area contributed by atoms with Crippen molar-refractivity contribution in [3.8, 4) is 0 Å². The second-order valence-electron chi connectivity index (χ2n) is 8.67. The summed E-state index contributed by atoms with van der Waals surface area (Å²) in [5.41, 5.74) is 7.74. The van der Waals surface area contributed by atoms with Crippen LogP contribution in [-0.4, -0.2) is 44.4 Å². The molecule has 0 bridgehead atoms. The lowest BCUT2D eigenvalue weighted by molar-refractivity contribution is -0.132. The maximum Gasteiger partial charge on any atom is 0.240 e. The highest BCUT2D eigenvalue weighted by Gasteiger charge is 2.34. The van der Waals surface area contributed by atoms with Crippen molar-refractivity contribution in [3.05, 3.63) is 64.2 Å². The van der Waals surface area contributed by atoms with Gasteiger partial charge in [-0.25, -0.2) is 21.9 Å². The highest BCUT2D eigenvalue weighted by Crippen LogP contribution is 2.37. The number of nitrogens with zero attached hydrogens (tertiary/aromatic N) is 1. The van der Waals surface area contributed by atoms with E-state index in [-0.39, 0.29) is 35.7 Å². The Morgan fingerprint density at radius 3 is 2.73 bits per heavy atom. The zero-order valence-corrected chi connectivity index (χ0v) is 19.5. The van der Waals surface area contributed by atoms with Gasteiger partial charge in [-0.05, 0) is 67.1 Å². The molecule has 4 rings (SSSR count). The maximum absolute atomic E-state index is 13.7. The number of likely N-dealkylation sites (tertiary alicyclic amines) is 1. The number of fused-ring (bicyclic) bond motifs is 1. The molecule has 1 aliphatic heterocycles. The van der Waals surface area contributed by atoms with Crippen LogP contribution >= 0.6 is 11.6 Å². The molecule has 33 heavy (non-hydrogen) atoms. The van der Waals surface area contributed by atoms with Crippen molar-refractivity contribution in [3.63, 3.8) is 0 Å². The molecule has 0 unspecified atom stereocenters. The Hall–Kier alpha value is -2.07. The predicted molar refractivity (Wildman–Crippen MR) is 121 cm³/mol. The first-order chi connectivity index (χ1) is 15.7. The van der Waals surface area contributed by atoms with E-state index in [1.807, 2.05) is 0 Å². The van der Waals surface area contributed by atoms with E-state index in [2.05, 4.69) is 4.72 Å². The minimum Gasteiger partial charge on any atom is -0.338 e. The van der Waals surface area contributed by atoms with Crippen molar-refractivity contribution in [2.75, 3.05) is 13.1 Å². The fourth-order valence-corrected chi connectivity index (χ4v) is 6.21. The van der Waals surface area contributed by atoms with Gasteiger partial charge in [0.2, 0.25) is 15.9 Å². The Kier molecular flexibility index (Phi) is 7.04. The minimum atomic E-state index is -3.76. The number of nitrogens with one attached hydrogen (secondary N) is 1. The first-order valence-corrected chi connectivity index (χ1v) is 12.8. The highest BCUT2D eigenvalue weighted by atomic mass is 35.5. The molecule has 1 fully saturated rings. The Labute approximate surface area is 197 Å². The van der Waals surface area contributed by atoms with Crippen molar-refractivity contribution in [2.45, 2.75) is 55.0 Å². The number of nitrogens with two attached hydrogens (primary N) is 1. The van der Waals surface area contributed by atoms with Crippen LogP contribution in [0.5, 0.6) is 0 Å². The zero-order chi connectivity index (χ0) is 23.8. The van der Waals surface area contributed by atoms with Crippen molar-refractivity contribution < 1.29 is 22.0 Å². The molecule has 2 aromatic rings. The zero-order valence-electron chi connectivity index (χ0n) is 17.9. The molecular formula is C23H26ClF2N3O3S. The summed E-state index contributed by atoms with van der Waals surface area (Å²) in [5, 5.41) is 0.320. The molecule has 2 aliphatic rings. The van der Waals surface area contributed by atoms with Crippen LogP contribution in [0.1, 0.15) is 42.7 Å². The van der Waals surface area contributed by atoms with Crippen molar-refractivity contribution >= 4 is 27.5 Å². The van der Waals surface area contributed by atoms with Crippen LogP contribution < -0.4 is 10.5 Å². The van der Waals surface area contributed by atoms with E-state index in [0.29, 0.717) is 36.4 Å². The lowest BCUT2D eigenvalue weighted by Crippen LogP contribution is -2.45. The molecule has 3 N–H and O–H groups in total. The van der Waals surface area contributed by atoms with E-state index in [4.69, 9.17) is 17.3 Å². The summed E-state index contributed by atoms with van der Waals surface area (Å²) in [6.07, 6.45) is 2.73. The van der Waals surface area contributed by atoms with E-state index in [9.17, 15) is 22.0 Å². The van der Waals surface area contributed by atoms with Gasteiger partial charge in [-0.15, -0.1) is 0 Å². The third kappa shape index (κ3) is 5.21. The van der Waals surface area contributed by atoms with E-state index < -0.39 is 27.7 Å². The lowest BCUT2D eigenvalue weighted by atomic mass is 9.91. The molecule has 0 aromatic heterocycles. The normalized spacial score (nSPS) is 21.3. The number of hydrogen-bond acceptors (Lipinski definition) is 4. The Balaban J connectivity index is 1.38. The van der Waals surface area contributed by atoms with Crippen molar-refractivity contribution in [1.82, 2.24) is 9.62 Å². The number of rotatable bonds is 7. The summed E-state index contributed by atoms with van der Waals surface area (Å²) in [4.78, 5) is 14.7. The fourth-order valence-electron chi connectivity index (χ4n) is 4.84. The Morgan fingerprint density at radius 2 is 1.97 bits per heavy atom. The molecule has 6 nitrogen and oxygen atoms in total. The van der Waals surface area contributed by atoms with Gasteiger partial charge in [0, 0.05) is 42.5 Å². The van der Waals surface area contributed by atoms with Gasteiger partial charge in [0.1, 0.15) is 0 Å². The molecule has 10 heteroatoms. The van der Waals surface area contributed by atoms with Gasteiger partial charge in [0.15, 0.2) is 11.6 Å². The molecule has 3 atom stereocenters. The fraction of sp³-hybridized carbons (Fsp3) is 0.435. The van der Waals surface area contributed by atoms with E-state index in [0.717, 1.165) is 12.0 Å². The highest BCUT2D eigenvalue weighted by molar-refractivity contribution is 7.89.